The third kappa shape index (κ3) is 3.11. The molecule has 1 fully saturated rings. The second-order valence-corrected chi connectivity index (χ2v) is 6.25. The molecule has 0 radical (unpaired) electrons. The number of anilines is 1. The number of nitrogen functional groups attached to an aromatic ring is 1. The van der Waals surface area contributed by atoms with Crippen LogP contribution < -0.4 is 10.6 Å². The van der Waals surface area contributed by atoms with Gasteiger partial charge in [0.15, 0.2) is 0 Å². The van der Waals surface area contributed by atoms with Crippen LogP contribution in [0.5, 0.6) is 0 Å². The number of hydrazine groups is 1. The molecule has 3 N–H and O–H groups in total. The first-order valence-electron chi connectivity index (χ1n) is 5.67. The number of nitrogens with zero attached hydrogens (tertiary/aromatic N) is 2. The van der Waals surface area contributed by atoms with E-state index in [-0.39, 0.29) is 15.7 Å². The lowest BCUT2D eigenvalue weighted by Gasteiger charge is -2.26. The monoisotopic (exact) mass is 290 g/mol. The molecule has 1 aliphatic heterocycles. The molecule has 0 spiro atoms. The van der Waals surface area contributed by atoms with Gasteiger partial charge in [0, 0.05) is 19.3 Å². The number of sulfonamides is 1. The SMILES string of the molecule is Nc1ncc(S(=O)(=O)NN2CCCCC2)cc1Cl. The Morgan fingerprint density at radius 3 is 2.61 bits per heavy atom. The van der Waals surface area contributed by atoms with Crippen LogP contribution >= 0.6 is 11.6 Å². The quantitative estimate of drug-likeness (QED) is 0.867. The van der Waals surface area contributed by atoms with Gasteiger partial charge in [0.05, 0.1) is 5.02 Å². The topological polar surface area (TPSA) is 88.3 Å². The maximum Gasteiger partial charge on any atom is 0.255 e. The van der Waals surface area contributed by atoms with Crippen molar-refractivity contribution in [1.29, 1.82) is 0 Å². The summed E-state index contributed by atoms with van der Waals surface area (Å²) < 4.78 is 24.1. The number of aromatic nitrogens is 1. The Labute approximate surface area is 111 Å². The molecule has 18 heavy (non-hydrogen) atoms. The first kappa shape index (κ1) is 13.5. The van der Waals surface area contributed by atoms with Crippen LogP contribution in [-0.2, 0) is 10.0 Å². The highest BCUT2D eigenvalue weighted by molar-refractivity contribution is 7.89. The zero-order chi connectivity index (χ0) is 13.2. The molecule has 6 nitrogen and oxygen atoms in total. The third-order valence-corrected chi connectivity index (χ3v) is 4.41. The van der Waals surface area contributed by atoms with Crippen molar-refractivity contribution in [2.75, 3.05) is 18.8 Å². The first-order valence-corrected chi connectivity index (χ1v) is 7.53. The Balaban J connectivity index is 2.16. The standard InChI is InChI=1S/C10H15ClN4O2S/c11-9-6-8(7-13-10(9)12)18(16,17)14-15-4-2-1-3-5-15/h6-7,14H,1-5H2,(H2,12,13). The minimum atomic E-state index is -3.63. The maximum atomic E-state index is 12.1. The molecule has 8 heteroatoms. The molecule has 1 aromatic heterocycles. The molecule has 0 aromatic carbocycles. The zero-order valence-corrected chi connectivity index (χ0v) is 11.3. The molecular formula is C10H15ClN4O2S. The van der Waals surface area contributed by atoms with E-state index in [9.17, 15) is 8.42 Å². The van der Waals surface area contributed by atoms with Gasteiger partial charge in [-0.15, -0.1) is 4.83 Å². The summed E-state index contributed by atoms with van der Waals surface area (Å²) in [6.45, 7) is 1.44. The van der Waals surface area contributed by atoms with E-state index < -0.39 is 10.0 Å². The van der Waals surface area contributed by atoms with Crippen LogP contribution in [0.1, 0.15) is 19.3 Å². The van der Waals surface area contributed by atoms with E-state index in [1.807, 2.05) is 0 Å². The number of pyridine rings is 1. The average molecular weight is 291 g/mol. The summed E-state index contributed by atoms with van der Waals surface area (Å²) in [7, 11) is -3.63. The molecule has 2 heterocycles. The van der Waals surface area contributed by atoms with Gasteiger partial charge in [-0.1, -0.05) is 18.0 Å². The van der Waals surface area contributed by atoms with E-state index in [1.54, 1.807) is 5.01 Å². The summed E-state index contributed by atoms with van der Waals surface area (Å²) in [5.41, 5.74) is 5.45. The lowest BCUT2D eigenvalue weighted by molar-refractivity contribution is 0.200. The van der Waals surface area contributed by atoms with Crippen LogP contribution in [0.2, 0.25) is 5.02 Å². The van der Waals surface area contributed by atoms with E-state index >= 15 is 0 Å². The van der Waals surface area contributed by atoms with Crippen LogP contribution in [0.15, 0.2) is 17.2 Å². The highest BCUT2D eigenvalue weighted by Crippen LogP contribution is 2.20. The van der Waals surface area contributed by atoms with Crippen molar-refractivity contribution < 1.29 is 8.42 Å². The summed E-state index contributed by atoms with van der Waals surface area (Å²) in [6.07, 6.45) is 4.31. The summed E-state index contributed by atoms with van der Waals surface area (Å²) >= 11 is 5.77. The minimum Gasteiger partial charge on any atom is -0.382 e. The molecule has 1 aliphatic rings. The van der Waals surface area contributed by atoms with Gasteiger partial charge in [-0.3, -0.25) is 0 Å². The van der Waals surface area contributed by atoms with Gasteiger partial charge in [-0.2, -0.15) is 0 Å². The largest absolute Gasteiger partial charge is 0.382 e. The van der Waals surface area contributed by atoms with Crippen molar-refractivity contribution >= 4 is 27.4 Å². The smallest absolute Gasteiger partial charge is 0.255 e. The molecule has 0 atom stereocenters. The molecular weight excluding hydrogens is 276 g/mol. The molecule has 2 rings (SSSR count). The van der Waals surface area contributed by atoms with Gasteiger partial charge >= 0.3 is 0 Å². The molecule has 1 aromatic rings. The molecule has 0 unspecified atom stereocenters. The molecule has 0 amide bonds. The number of hydrogen-bond acceptors (Lipinski definition) is 5. The fourth-order valence-corrected chi connectivity index (χ4v) is 3.11. The van der Waals surface area contributed by atoms with Gasteiger partial charge < -0.3 is 5.73 Å². The van der Waals surface area contributed by atoms with E-state index in [1.165, 1.54) is 12.3 Å². The van der Waals surface area contributed by atoms with E-state index in [4.69, 9.17) is 17.3 Å². The summed E-state index contributed by atoms with van der Waals surface area (Å²) in [5, 5.41) is 1.83. The summed E-state index contributed by atoms with van der Waals surface area (Å²) in [6, 6.07) is 1.30. The van der Waals surface area contributed by atoms with Gasteiger partial charge in [-0.25, -0.2) is 18.4 Å². The number of rotatable bonds is 3. The Hall–Kier alpha value is -0.890. The van der Waals surface area contributed by atoms with Crippen LogP contribution in [-0.4, -0.2) is 31.5 Å². The van der Waals surface area contributed by atoms with Crippen LogP contribution in [0.4, 0.5) is 5.82 Å². The van der Waals surface area contributed by atoms with Crippen LogP contribution in [0.25, 0.3) is 0 Å². The van der Waals surface area contributed by atoms with Gasteiger partial charge in [-0.05, 0) is 18.9 Å². The summed E-state index contributed by atoms with van der Waals surface area (Å²) in [4.78, 5) is 6.29. The highest BCUT2D eigenvalue weighted by atomic mass is 35.5. The number of halogens is 1. The lowest BCUT2D eigenvalue weighted by atomic mass is 10.2. The van der Waals surface area contributed by atoms with Gasteiger partial charge in [0.2, 0.25) is 0 Å². The van der Waals surface area contributed by atoms with Crippen molar-refractivity contribution in [2.45, 2.75) is 24.2 Å². The van der Waals surface area contributed by atoms with E-state index in [0.29, 0.717) is 0 Å². The normalized spacial score (nSPS) is 17.8. The fourth-order valence-electron chi connectivity index (χ4n) is 1.79. The molecule has 1 saturated heterocycles. The molecule has 0 saturated carbocycles. The third-order valence-electron chi connectivity index (χ3n) is 2.76. The molecule has 0 bridgehead atoms. The zero-order valence-electron chi connectivity index (χ0n) is 9.76. The first-order chi connectivity index (χ1) is 8.49. The van der Waals surface area contributed by atoms with Crippen LogP contribution in [0, 0.1) is 0 Å². The molecule has 0 aliphatic carbocycles. The van der Waals surface area contributed by atoms with Crippen molar-refractivity contribution in [3.8, 4) is 0 Å². The van der Waals surface area contributed by atoms with Gasteiger partial charge in [0.1, 0.15) is 10.7 Å². The van der Waals surface area contributed by atoms with Crippen molar-refractivity contribution in [1.82, 2.24) is 14.8 Å². The molecule has 100 valence electrons. The Bertz CT molecular complexity index is 529. The highest BCUT2D eigenvalue weighted by Gasteiger charge is 2.20. The fraction of sp³-hybridized carbons (Fsp3) is 0.500. The second kappa shape index (κ2) is 5.40. The number of hydrogen-bond donors (Lipinski definition) is 2. The predicted octanol–water partition coefficient (Wildman–Crippen LogP) is 0.996. The number of nitrogens with two attached hydrogens (primary N) is 1. The van der Waals surface area contributed by atoms with Crippen molar-refractivity contribution in [3.05, 3.63) is 17.3 Å². The Morgan fingerprint density at radius 2 is 2.00 bits per heavy atom. The Morgan fingerprint density at radius 1 is 1.33 bits per heavy atom. The predicted molar refractivity (Wildman–Crippen MR) is 69.4 cm³/mol. The minimum absolute atomic E-state index is 0.0206. The van der Waals surface area contributed by atoms with Crippen LogP contribution in [0.3, 0.4) is 0 Å². The lowest BCUT2D eigenvalue weighted by Crippen LogP contribution is -2.44. The van der Waals surface area contributed by atoms with Gasteiger partial charge in [0.25, 0.3) is 10.0 Å². The van der Waals surface area contributed by atoms with E-state index in [2.05, 4.69) is 9.82 Å². The van der Waals surface area contributed by atoms with Crippen molar-refractivity contribution in [2.24, 2.45) is 0 Å². The number of piperidine rings is 1. The Kier molecular flexibility index (Phi) is 4.06. The number of nitrogens with one attached hydrogen (secondary N) is 1. The maximum absolute atomic E-state index is 12.1. The second-order valence-electron chi connectivity index (χ2n) is 4.18. The summed E-state index contributed by atoms with van der Waals surface area (Å²) in [5.74, 6) is 0.119. The average Bonchev–Trinajstić information content (AvgIpc) is 2.33. The van der Waals surface area contributed by atoms with Crippen molar-refractivity contribution in [3.63, 3.8) is 0 Å². The van der Waals surface area contributed by atoms with E-state index in [0.717, 1.165) is 32.4 Å².